The Morgan fingerprint density at radius 3 is 2.88 bits per heavy atom. The molecule has 2 aromatic heterocycles. The first-order valence-corrected chi connectivity index (χ1v) is 8.24. The van der Waals surface area contributed by atoms with Gasteiger partial charge in [0.05, 0.1) is 11.3 Å². The highest BCUT2D eigenvalue weighted by atomic mass is 79.9. The van der Waals surface area contributed by atoms with Crippen molar-refractivity contribution in [1.29, 1.82) is 10.5 Å². The Bertz CT molecular complexity index is 1090. The van der Waals surface area contributed by atoms with E-state index < -0.39 is 5.63 Å². The van der Waals surface area contributed by atoms with E-state index in [1.54, 1.807) is 35.7 Å². The Morgan fingerprint density at radius 2 is 2.12 bits per heavy atom. The fourth-order valence-electron chi connectivity index (χ4n) is 1.96. The summed E-state index contributed by atoms with van der Waals surface area (Å²) < 4.78 is 6.19. The van der Waals surface area contributed by atoms with Crippen molar-refractivity contribution in [3.05, 3.63) is 56.3 Å². The molecule has 0 saturated carbocycles. The Labute approximate surface area is 148 Å². The first kappa shape index (κ1) is 15.9. The standard InChI is InChI=1S/C16H7BrN4O2S/c17-11-1-2-14-10(3-11)4-12(15(22)23-14)13-8-24-16(21-13)20-7-9(5-18)6-19/h1-4,7-8H,(H,20,21). The lowest BCUT2D eigenvalue weighted by Crippen LogP contribution is -2.03. The van der Waals surface area contributed by atoms with Crippen LogP contribution in [0.15, 0.2) is 55.1 Å². The number of hydrogen-bond donors (Lipinski definition) is 1. The van der Waals surface area contributed by atoms with E-state index in [0.29, 0.717) is 22.0 Å². The van der Waals surface area contributed by atoms with Crippen LogP contribution in [0.1, 0.15) is 0 Å². The average molecular weight is 399 g/mol. The fraction of sp³-hybridized carbons (Fsp3) is 0. The number of thiazole rings is 1. The molecule has 0 aliphatic rings. The van der Waals surface area contributed by atoms with Crippen molar-refractivity contribution in [3.63, 3.8) is 0 Å². The lowest BCUT2D eigenvalue weighted by molar-refractivity contribution is 0.563. The van der Waals surface area contributed by atoms with Crippen molar-refractivity contribution >= 4 is 43.4 Å². The molecule has 0 amide bonds. The summed E-state index contributed by atoms with van der Waals surface area (Å²) in [5, 5.41) is 23.1. The highest BCUT2D eigenvalue weighted by molar-refractivity contribution is 9.10. The van der Waals surface area contributed by atoms with Crippen molar-refractivity contribution in [1.82, 2.24) is 4.98 Å². The van der Waals surface area contributed by atoms with Crippen LogP contribution in [0, 0.1) is 22.7 Å². The molecule has 0 saturated heterocycles. The number of hydrogen-bond acceptors (Lipinski definition) is 7. The third kappa shape index (κ3) is 3.20. The molecule has 2 heterocycles. The molecule has 116 valence electrons. The first-order chi connectivity index (χ1) is 11.6. The lowest BCUT2D eigenvalue weighted by atomic mass is 10.1. The molecule has 1 aromatic carbocycles. The van der Waals surface area contributed by atoms with Gasteiger partial charge in [0, 0.05) is 21.4 Å². The Kier molecular flexibility index (Phi) is 4.43. The van der Waals surface area contributed by atoms with E-state index in [0.717, 1.165) is 9.86 Å². The molecule has 3 rings (SSSR count). The van der Waals surface area contributed by atoms with E-state index in [4.69, 9.17) is 14.9 Å². The molecule has 0 atom stereocenters. The molecular weight excluding hydrogens is 392 g/mol. The van der Waals surface area contributed by atoms with Gasteiger partial charge in [0.1, 0.15) is 23.3 Å². The monoisotopic (exact) mass is 398 g/mol. The van der Waals surface area contributed by atoms with Gasteiger partial charge in [-0.2, -0.15) is 10.5 Å². The molecule has 6 nitrogen and oxygen atoms in total. The van der Waals surface area contributed by atoms with Crippen molar-refractivity contribution in [2.45, 2.75) is 0 Å². The third-order valence-electron chi connectivity index (χ3n) is 3.06. The maximum Gasteiger partial charge on any atom is 0.345 e. The Balaban J connectivity index is 1.98. The van der Waals surface area contributed by atoms with E-state index in [-0.39, 0.29) is 5.57 Å². The third-order valence-corrected chi connectivity index (χ3v) is 4.32. The smallest absolute Gasteiger partial charge is 0.345 e. The van der Waals surface area contributed by atoms with E-state index in [1.807, 2.05) is 6.07 Å². The van der Waals surface area contributed by atoms with E-state index in [2.05, 4.69) is 26.2 Å². The van der Waals surface area contributed by atoms with Crippen LogP contribution < -0.4 is 10.9 Å². The van der Waals surface area contributed by atoms with Gasteiger partial charge in [0.2, 0.25) is 0 Å². The predicted molar refractivity (Wildman–Crippen MR) is 94.2 cm³/mol. The highest BCUT2D eigenvalue weighted by Crippen LogP contribution is 2.26. The minimum Gasteiger partial charge on any atom is -0.422 e. The average Bonchev–Trinajstić information content (AvgIpc) is 3.04. The Morgan fingerprint density at radius 1 is 1.33 bits per heavy atom. The molecule has 0 radical (unpaired) electrons. The molecule has 0 unspecified atom stereocenters. The number of aromatic nitrogens is 1. The van der Waals surface area contributed by atoms with E-state index in [1.165, 1.54) is 17.5 Å². The van der Waals surface area contributed by atoms with Gasteiger partial charge in [-0.15, -0.1) is 11.3 Å². The summed E-state index contributed by atoms with van der Waals surface area (Å²) in [5.41, 5.74) is 0.751. The number of nitrogens with zero attached hydrogens (tertiary/aromatic N) is 3. The van der Waals surface area contributed by atoms with Crippen molar-refractivity contribution in [2.24, 2.45) is 0 Å². The van der Waals surface area contributed by atoms with Crippen molar-refractivity contribution < 1.29 is 4.42 Å². The van der Waals surface area contributed by atoms with Crippen molar-refractivity contribution in [2.75, 3.05) is 5.32 Å². The number of nitriles is 2. The topological polar surface area (TPSA) is 103 Å². The maximum atomic E-state index is 12.2. The van der Waals surface area contributed by atoms with Crippen LogP contribution in [-0.4, -0.2) is 4.98 Å². The molecule has 0 fully saturated rings. The normalized spacial score (nSPS) is 9.96. The van der Waals surface area contributed by atoms with Crippen LogP contribution >= 0.6 is 27.3 Å². The fourth-order valence-corrected chi connectivity index (χ4v) is 3.02. The summed E-state index contributed by atoms with van der Waals surface area (Å²) in [6.07, 6.45) is 1.27. The van der Waals surface area contributed by atoms with Crippen LogP contribution in [0.5, 0.6) is 0 Å². The van der Waals surface area contributed by atoms with Crippen molar-refractivity contribution in [3.8, 4) is 23.4 Å². The summed E-state index contributed by atoms with van der Waals surface area (Å²) in [6, 6.07) is 10.6. The van der Waals surface area contributed by atoms with Crippen LogP contribution in [-0.2, 0) is 0 Å². The summed E-state index contributed by atoms with van der Waals surface area (Å²) in [7, 11) is 0. The molecule has 0 aliphatic heterocycles. The van der Waals surface area contributed by atoms with Gasteiger partial charge in [-0.05, 0) is 24.3 Å². The largest absolute Gasteiger partial charge is 0.422 e. The molecule has 1 N–H and O–H groups in total. The van der Waals surface area contributed by atoms with Gasteiger partial charge in [0.15, 0.2) is 5.13 Å². The van der Waals surface area contributed by atoms with Gasteiger partial charge < -0.3 is 9.73 Å². The summed E-state index contributed by atoms with van der Waals surface area (Å²) in [4.78, 5) is 16.4. The van der Waals surface area contributed by atoms with Gasteiger partial charge in [-0.25, -0.2) is 9.78 Å². The highest BCUT2D eigenvalue weighted by Gasteiger charge is 2.11. The zero-order valence-electron chi connectivity index (χ0n) is 11.9. The number of halogens is 1. The van der Waals surface area contributed by atoms with Gasteiger partial charge in [0.25, 0.3) is 0 Å². The molecular formula is C16H7BrN4O2S. The van der Waals surface area contributed by atoms with Crippen LogP contribution in [0.3, 0.4) is 0 Å². The Hall–Kier alpha value is -2.94. The minimum atomic E-state index is -0.480. The summed E-state index contributed by atoms with van der Waals surface area (Å²) in [5.74, 6) is 0. The number of rotatable bonds is 3. The van der Waals surface area contributed by atoms with Gasteiger partial charge >= 0.3 is 5.63 Å². The zero-order chi connectivity index (χ0) is 17.1. The molecule has 8 heteroatoms. The van der Waals surface area contributed by atoms with Gasteiger partial charge in [-0.1, -0.05) is 15.9 Å². The van der Waals surface area contributed by atoms with Crippen LogP contribution in [0.4, 0.5) is 5.13 Å². The minimum absolute atomic E-state index is 0.0678. The number of nitrogens with one attached hydrogen (secondary N) is 1. The predicted octanol–water partition coefficient (Wildman–Crippen LogP) is 4.02. The van der Waals surface area contributed by atoms with E-state index in [9.17, 15) is 4.79 Å². The second-order valence-corrected chi connectivity index (χ2v) is 6.37. The summed E-state index contributed by atoms with van der Waals surface area (Å²) in [6.45, 7) is 0. The maximum absolute atomic E-state index is 12.2. The van der Waals surface area contributed by atoms with E-state index >= 15 is 0 Å². The zero-order valence-corrected chi connectivity index (χ0v) is 14.3. The molecule has 3 aromatic rings. The number of anilines is 1. The first-order valence-electron chi connectivity index (χ1n) is 6.57. The molecule has 0 spiro atoms. The lowest BCUT2D eigenvalue weighted by Gasteiger charge is -2.00. The van der Waals surface area contributed by atoms with Crippen LogP contribution in [0.2, 0.25) is 0 Å². The second kappa shape index (κ2) is 6.67. The van der Waals surface area contributed by atoms with Crippen LogP contribution in [0.25, 0.3) is 22.2 Å². The quantitative estimate of drug-likeness (QED) is 0.527. The number of fused-ring (bicyclic) bond motifs is 1. The summed E-state index contributed by atoms with van der Waals surface area (Å²) >= 11 is 4.63. The number of allylic oxidation sites excluding steroid dienone is 1. The van der Waals surface area contributed by atoms with Gasteiger partial charge in [-0.3, -0.25) is 0 Å². The molecule has 24 heavy (non-hydrogen) atoms. The number of benzene rings is 1. The molecule has 0 bridgehead atoms. The second-order valence-electron chi connectivity index (χ2n) is 4.59. The molecule has 0 aliphatic carbocycles. The SMILES string of the molecule is N#CC(C#N)=CNc1nc(-c2cc3cc(Br)ccc3oc2=O)cs1.